The number of nitrogens with one attached hydrogen (secondary N) is 2. The van der Waals surface area contributed by atoms with Crippen molar-refractivity contribution in [1.29, 1.82) is 0 Å². The third kappa shape index (κ3) is 4.24. The van der Waals surface area contributed by atoms with E-state index < -0.39 is 0 Å². The molecule has 1 aliphatic heterocycles. The van der Waals surface area contributed by atoms with Gasteiger partial charge in [-0.3, -0.25) is 9.59 Å². The van der Waals surface area contributed by atoms with Gasteiger partial charge < -0.3 is 10.6 Å². The Hall–Kier alpha value is -1.49. The fourth-order valence-corrected chi connectivity index (χ4v) is 3.14. The molecule has 4 nitrogen and oxygen atoms in total. The van der Waals surface area contributed by atoms with Crippen LogP contribution in [0.2, 0.25) is 0 Å². The summed E-state index contributed by atoms with van der Waals surface area (Å²) in [7, 11) is 0. The number of amides is 2. The number of hydrogen-bond acceptors (Lipinski definition) is 3. The van der Waals surface area contributed by atoms with Crippen molar-refractivity contribution in [2.24, 2.45) is 0 Å². The van der Waals surface area contributed by atoms with Crippen LogP contribution < -0.4 is 10.6 Å². The fraction of sp³-hybridized carbons (Fsp3) is 0.500. The van der Waals surface area contributed by atoms with Crippen LogP contribution in [0, 0.1) is 0 Å². The van der Waals surface area contributed by atoms with Crippen molar-refractivity contribution >= 4 is 29.3 Å². The highest BCUT2D eigenvalue weighted by atomic mass is 32.2. The number of carbonyl (C=O) groups excluding carboxylic acids is 2. The Morgan fingerprint density at radius 1 is 1.33 bits per heavy atom. The molecule has 114 valence electrons. The number of benzene rings is 1. The van der Waals surface area contributed by atoms with Crippen molar-refractivity contribution in [3.63, 3.8) is 0 Å². The average Bonchev–Trinajstić information content (AvgIpc) is 2.47. The summed E-state index contributed by atoms with van der Waals surface area (Å²) in [6.45, 7) is 4.74. The smallest absolute Gasteiger partial charge is 0.251 e. The lowest BCUT2D eigenvalue weighted by atomic mass is 10.1. The van der Waals surface area contributed by atoms with Gasteiger partial charge in [-0.25, -0.2) is 0 Å². The summed E-state index contributed by atoms with van der Waals surface area (Å²) >= 11 is 1.52. The fourth-order valence-electron chi connectivity index (χ4n) is 2.21. The first kappa shape index (κ1) is 15.9. The van der Waals surface area contributed by atoms with Gasteiger partial charge in [0.15, 0.2) is 0 Å². The molecule has 0 spiro atoms. The molecule has 0 saturated heterocycles. The number of hydrogen-bond donors (Lipinski definition) is 2. The van der Waals surface area contributed by atoms with Crippen molar-refractivity contribution in [3.05, 3.63) is 23.8 Å². The highest BCUT2D eigenvalue weighted by molar-refractivity contribution is 8.00. The van der Waals surface area contributed by atoms with E-state index >= 15 is 0 Å². The Labute approximate surface area is 130 Å². The molecule has 0 aromatic heterocycles. The van der Waals surface area contributed by atoms with Crippen LogP contribution in [0.25, 0.3) is 0 Å². The Kier molecular flexibility index (Phi) is 5.67. The molecule has 0 bridgehead atoms. The Bertz CT molecular complexity index is 531. The number of carbonyl (C=O) groups is 2. The monoisotopic (exact) mass is 306 g/mol. The quantitative estimate of drug-likeness (QED) is 0.792. The first-order valence-corrected chi connectivity index (χ1v) is 8.39. The standard InChI is InChI=1S/C16H22N2O2S/c1-3-4-5-6-9-17-16(20)12-7-8-14-13(10-12)18-15(19)11(2)21-14/h7-8,10-11H,3-6,9H2,1-2H3,(H,17,20)(H,18,19). The zero-order valence-corrected chi connectivity index (χ0v) is 13.4. The Morgan fingerprint density at radius 3 is 2.90 bits per heavy atom. The molecule has 0 fully saturated rings. The molecule has 1 unspecified atom stereocenters. The van der Waals surface area contributed by atoms with Gasteiger partial charge in [-0.05, 0) is 31.5 Å². The molecule has 1 aromatic carbocycles. The van der Waals surface area contributed by atoms with Gasteiger partial charge in [0.25, 0.3) is 5.91 Å². The van der Waals surface area contributed by atoms with E-state index in [1.165, 1.54) is 24.6 Å². The van der Waals surface area contributed by atoms with Gasteiger partial charge in [-0.15, -0.1) is 11.8 Å². The first-order chi connectivity index (χ1) is 10.1. The van der Waals surface area contributed by atoms with Gasteiger partial charge >= 0.3 is 0 Å². The lowest BCUT2D eigenvalue weighted by Crippen LogP contribution is -2.28. The maximum atomic E-state index is 12.1. The van der Waals surface area contributed by atoms with E-state index in [0.717, 1.165) is 23.4 Å². The highest BCUT2D eigenvalue weighted by Crippen LogP contribution is 2.35. The molecule has 1 heterocycles. The van der Waals surface area contributed by atoms with Crippen molar-refractivity contribution in [2.45, 2.75) is 49.7 Å². The molecule has 2 N–H and O–H groups in total. The topological polar surface area (TPSA) is 58.2 Å². The lowest BCUT2D eigenvalue weighted by Gasteiger charge is -2.21. The van der Waals surface area contributed by atoms with Crippen LogP contribution in [0.5, 0.6) is 0 Å². The van der Waals surface area contributed by atoms with Gasteiger partial charge in [0, 0.05) is 17.0 Å². The van der Waals surface area contributed by atoms with E-state index in [1.807, 2.05) is 19.1 Å². The second-order valence-electron chi connectivity index (χ2n) is 5.28. The highest BCUT2D eigenvalue weighted by Gasteiger charge is 2.23. The first-order valence-electron chi connectivity index (χ1n) is 7.51. The van der Waals surface area contributed by atoms with Crippen LogP contribution in [0.3, 0.4) is 0 Å². The maximum Gasteiger partial charge on any atom is 0.251 e. The van der Waals surface area contributed by atoms with E-state index in [1.54, 1.807) is 6.07 Å². The summed E-state index contributed by atoms with van der Waals surface area (Å²) in [5.74, 6) is -0.0863. The molecular weight excluding hydrogens is 284 g/mol. The normalized spacial score (nSPS) is 17.0. The van der Waals surface area contributed by atoms with Gasteiger partial charge in [0.1, 0.15) is 0 Å². The predicted molar refractivity (Wildman–Crippen MR) is 86.9 cm³/mol. The van der Waals surface area contributed by atoms with Crippen molar-refractivity contribution in [1.82, 2.24) is 5.32 Å². The molecule has 1 atom stereocenters. The van der Waals surface area contributed by atoms with Crippen molar-refractivity contribution in [3.8, 4) is 0 Å². The van der Waals surface area contributed by atoms with Gasteiger partial charge in [-0.2, -0.15) is 0 Å². The molecule has 0 aliphatic carbocycles. The molecule has 2 amide bonds. The molecule has 1 aromatic rings. The van der Waals surface area contributed by atoms with Gasteiger partial charge in [0.05, 0.1) is 10.9 Å². The van der Waals surface area contributed by atoms with Crippen LogP contribution in [-0.4, -0.2) is 23.6 Å². The molecule has 2 rings (SSSR count). The molecule has 5 heteroatoms. The van der Waals surface area contributed by atoms with E-state index in [2.05, 4.69) is 17.6 Å². The summed E-state index contributed by atoms with van der Waals surface area (Å²) in [5.41, 5.74) is 1.33. The van der Waals surface area contributed by atoms with Crippen LogP contribution in [0.15, 0.2) is 23.1 Å². The van der Waals surface area contributed by atoms with E-state index in [-0.39, 0.29) is 17.1 Å². The van der Waals surface area contributed by atoms with Crippen LogP contribution in [0.1, 0.15) is 49.9 Å². The molecular formula is C16H22N2O2S. The number of rotatable bonds is 6. The Morgan fingerprint density at radius 2 is 2.14 bits per heavy atom. The zero-order chi connectivity index (χ0) is 15.2. The molecule has 1 aliphatic rings. The lowest BCUT2D eigenvalue weighted by molar-refractivity contribution is -0.115. The summed E-state index contributed by atoms with van der Waals surface area (Å²) in [6, 6.07) is 5.48. The van der Waals surface area contributed by atoms with Crippen molar-refractivity contribution in [2.75, 3.05) is 11.9 Å². The van der Waals surface area contributed by atoms with Gasteiger partial charge in [-0.1, -0.05) is 26.2 Å². The number of anilines is 1. The average molecular weight is 306 g/mol. The second kappa shape index (κ2) is 7.50. The molecule has 0 saturated carbocycles. The maximum absolute atomic E-state index is 12.1. The van der Waals surface area contributed by atoms with Crippen LogP contribution in [0.4, 0.5) is 5.69 Å². The molecule has 0 radical (unpaired) electrons. The number of unbranched alkanes of at least 4 members (excludes halogenated alkanes) is 3. The van der Waals surface area contributed by atoms with E-state index in [4.69, 9.17) is 0 Å². The third-order valence-electron chi connectivity index (χ3n) is 3.49. The summed E-state index contributed by atoms with van der Waals surface area (Å²) < 4.78 is 0. The predicted octanol–water partition coefficient (Wildman–Crippen LogP) is 3.43. The SMILES string of the molecule is CCCCCCNC(=O)c1ccc2c(c1)NC(=O)C(C)S2. The van der Waals surface area contributed by atoms with E-state index in [0.29, 0.717) is 12.1 Å². The largest absolute Gasteiger partial charge is 0.352 e. The summed E-state index contributed by atoms with van der Waals surface area (Å²) in [5, 5.41) is 5.69. The second-order valence-corrected chi connectivity index (χ2v) is 6.66. The minimum Gasteiger partial charge on any atom is -0.352 e. The number of fused-ring (bicyclic) bond motifs is 1. The minimum atomic E-state index is -0.0873. The van der Waals surface area contributed by atoms with Crippen LogP contribution >= 0.6 is 11.8 Å². The van der Waals surface area contributed by atoms with Crippen LogP contribution in [-0.2, 0) is 4.79 Å². The summed E-state index contributed by atoms with van der Waals surface area (Å²) in [4.78, 5) is 24.8. The molecule has 21 heavy (non-hydrogen) atoms. The number of thioether (sulfide) groups is 1. The zero-order valence-electron chi connectivity index (χ0n) is 12.6. The minimum absolute atomic E-state index is 0.00961. The van der Waals surface area contributed by atoms with E-state index in [9.17, 15) is 9.59 Å². The van der Waals surface area contributed by atoms with Crippen molar-refractivity contribution < 1.29 is 9.59 Å². The summed E-state index contributed by atoms with van der Waals surface area (Å²) in [6.07, 6.45) is 4.55. The Balaban J connectivity index is 1.93. The van der Waals surface area contributed by atoms with Gasteiger partial charge in [0.2, 0.25) is 5.91 Å². The third-order valence-corrected chi connectivity index (χ3v) is 4.67.